The highest BCUT2D eigenvalue weighted by Crippen LogP contribution is 2.35. The molecule has 1 aliphatic heterocycles. The molecule has 0 saturated carbocycles. The molecule has 7 heteroatoms. The van der Waals surface area contributed by atoms with Gasteiger partial charge in [-0.1, -0.05) is 19.1 Å². The molecule has 0 aromatic heterocycles. The predicted molar refractivity (Wildman–Crippen MR) is 118 cm³/mol. The average molecular weight is 431 g/mol. The van der Waals surface area contributed by atoms with Crippen LogP contribution in [0.2, 0.25) is 0 Å². The van der Waals surface area contributed by atoms with Crippen molar-refractivity contribution in [1.82, 2.24) is 4.90 Å². The van der Waals surface area contributed by atoms with Crippen LogP contribution in [0.25, 0.3) is 0 Å². The molecule has 3 rings (SSSR count). The zero-order valence-corrected chi connectivity index (χ0v) is 18.1. The highest BCUT2D eigenvalue weighted by molar-refractivity contribution is 5.69. The van der Waals surface area contributed by atoms with E-state index >= 15 is 0 Å². The van der Waals surface area contributed by atoms with E-state index in [4.69, 9.17) is 9.47 Å². The van der Waals surface area contributed by atoms with Crippen molar-refractivity contribution in [3.8, 4) is 0 Å². The third kappa shape index (κ3) is 6.26. The minimum Gasteiger partial charge on any atom is -0.481 e. The number of aliphatic carboxylic acids is 1. The van der Waals surface area contributed by atoms with Crippen LogP contribution in [0, 0.1) is 5.82 Å². The topological polar surface area (TPSA) is 71.0 Å². The van der Waals surface area contributed by atoms with Gasteiger partial charge in [0.25, 0.3) is 0 Å². The zero-order chi connectivity index (χ0) is 22.2. The van der Waals surface area contributed by atoms with Gasteiger partial charge < -0.3 is 19.9 Å². The van der Waals surface area contributed by atoms with Gasteiger partial charge in [0.2, 0.25) is 0 Å². The number of carboxylic acid groups (broad SMARTS) is 1. The molecule has 2 unspecified atom stereocenters. The number of methoxy groups -OCH3 is 1. The summed E-state index contributed by atoms with van der Waals surface area (Å²) in [5.41, 5.74) is 3.70. The molecule has 2 atom stereocenters. The summed E-state index contributed by atoms with van der Waals surface area (Å²) in [5, 5.41) is 12.8. The highest BCUT2D eigenvalue weighted by Gasteiger charge is 2.25. The van der Waals surface area contributed by atoms with Gasteiger partial charge in [0, 0.05) is 43.5 Å². The van der Waals surface area contributed by atoms with Crippen LogP contribution in [0.15, 0.2) is 42.5 Å². The molecule has 2 aromatic carbocycles. The van der Waals surface area contributed by atoms with Gasteiger partial charge in [-0.05, 0) is 47.9 Å². The van der Waals surface area contributed by atoms with E-state index in [-0.39, 0.29) is 24.2 Å². The van der Waals surface area contributed by atoms with E-state index in [1.807, 2.05) is 12.1 Å². The first kappa shape index (κ1) is 23.2. The van der Waals surface area contributed by atoms with Gasteiger partial charge in [0.1, 0.15) is 5.82 Å². The van der Waals surface area contributed by atoms with E-state index in [0.717, 1.165) is 42.0 Å². The average Bonchev–Trinajstić information content (AvgIpc) is 2.77. The summed E-state index contributed by atoms with van der Waals surface area (Å²) in [6.07, 6.45) is 0.915. The van der Waals surface area contributed by atoms with Crippen LogP contribution in [0.1, 0.15) is 42.9 Å². The maximum absolute atomic E-state index is 13.4. The molecule has 2 N–H and O–H groups in total. The lowest BCUT2D eigenvalue weighted by atomic mass is 9.91. The second kappa shape index (κ2) is 11.2. The fourth-order valence-corrected chi connectivity index (χ4v) is 4.16. The van der Waals surface area contributed by atoms with Gasteiger partial charge in [0.05, 0.1) is 26.2 Å². The first-order chi connectivity index (χ1) is 15.0. The number of hydrogen-bond acceptors (Lipinski definition) is 5. The lowest BCUT2D eigenvalue weighted by Gasteiger charge is -2.35. The number of carboxylic acids is 1. The number of rotatable bonds is 10. The normalized spacial score (nSPS) is 16.6. The van der Waals surface area contributed by atoms with Gasteiger partial charge in [-0.2, -0.15) is 0 Å². The van der Waals surface area contributed by atoms with Crippen LogP contribution in [0.5, 0.6) is 0 Å². The van der Waals surface area contributed by atoms with E-state index in [0.29, 0.717) is 19.8 Å². The fraction of sp³-hybridized carbons (Fsp3) is 0.458. The molecule has 1 fully saturated rings. The van der Waals surface area contributed by atoms with Gasteiger partial charge in [0.15, 0.2) is 0 Å². The largest absolute Gasteiger partial charge is 0.481 e. The smallest absolute Gasteiger partial charge is 0.304 e. The summed E-state index contributed by atoms with van der Waals surface area (Å²) < 4.78 is 24.2. The molecular weight excluding hydrogens is 399 g/mol. The third-order valence-corrected chi connectivity index (χ3v) is 5.69. The summed E-state index contributed by atoms with van der Waals surface area (Å²) in [5.74, 6) is -1.41. The van der Waals surface area contributed by atoms with Crippen LogP contribution in [-0.4, -0.2) is 56.0 Å². The quantitative estimate of drug-likeness (QED) is 0.576. The Hall–Kier alpha value is -2.48. The molecule has 0 amide bonds. The van der Waals surface area contributed by atoms with Gasteiger partial charge in [-0.25, -0.2) is 4.39 Å². The lowest BCUT2D eigenvalue weighted by molar-refractivity contribution is -0.137. The number of nitrogens with zero attached hydrogens (tertiary/aromatic N) is 1. The van der Waals surface area contributed by atoms with Gasteiger partial charge >= 0.3 is 5.97 Å². The van der Waals surface area contributed by atoms with Crippen molar-refractivity contribution in [2.45, 2.75) is 31.7 Å². The van der Waals surface area contributed by atoms with Crippen molar-refractivity contribution in [2.75, 3.05) is 45.3 Å². The molecule has 1 saturated heterocycles. The maximum Gasteiger partial charge on any atom is 0.304 e. The molecule has 0 bridgehead atoms. The number of benzene rings is 2. The van der Waals surface area contributed by atoms with Gasteiger partial charge in [-0.15, -0.1) is 0 Å². The molecule has 0 spiro atoms. The van der Waals surface area contributed by atoms with Crippen LogP contribution < -0.4 is 5.32 Å². The second-order valence-electron chi connectivity index (χ2n) is 7.80. The third-order valence-electron chi connectivity index (χ3n) is 5.69. The molecule has 2 aromatic rings. The Balaban J connectivity index is 1.99. The van der Waals surface area contributed by atoms with Crippen molar-refractivity contribution in [1.29, 1.82) is 0 Å². The second-order valence-corrected chi connectivity index (χ2v) is 7.80. The number of hydrogen-bond donors (Lipinski definition) is 2. The Morgan fingerprint density at radius 2 is 1.94 bits per heavy atom. The molecule has 1 heterocycles. The van der Waals surface area contributed by atoms with E-state index in [2.05, 4.69) is 23.2 Å². The van der Waals surface area contributed by atoms with E-state index in [1.54, 1.807) is 19.2 Å². The fourth-order valence-electron chi connectivity index (χ4n) is 4.16. The van der Waals surface area contributed by atoms with E-state index < -0.39 is 5.97 Å². The standard InChI is InChI=1S/C24H31FN2O4/c1-3-23(27-10-12-31-13-11-27)21-9-4-17(18(16-30-2)15-24(28)29)14-22(21)26-20-7-5-19(25)6-8-20/h4-9,14,18,23,26H,3,10-13,15-16H2,1-2H3,(H,28,29). The zero-order valence-electron chi connectivity index (χ0n) is 18.1. The SMILES string of the molecule is CCC(c1ccc(C(COC)CC(=O)O)cc1Nc1ccc(F)cc1)N1CCOCC1. The van der Waals surface area contributed by atoms with Crippen molar-refractivity contribution in [3.05, 3.63) is 59.4 Å². The summed E-state index contributed by atoms with van der Waals surface area (Å²) in [4.78, 5) is 13.8. The number of morpholine rings is 1. The summed E-state index contributed by atoms with van der Waals surface area (Å²) >= 11 is 0. The number of halogens is 1. The molecule has 6 nitrogen and oxygen atoms in total. The monoisotopic (exact) mass is 430 g/mol. The number of nitrogens with one attached hydrogen (secondary N) is 1. The predicted octanol–water partition coefficient (Wildman–Crippen LogP) is 4.56. The highest BCUT2D eigenvalue weighted by atomic mass is 19.1. The van der Waals surface area contributed by atoms with Crippen LogP contribution in [0.3, 0.4) is 0 Å². The number of carbonyl (C=O) groups is 1. The maximum atomic E-state index is 13.4. The molecular formula is C24H31FN2O4. The summed E-state index contributed by atoms with van der Waals surface area (Å²) in [6, 6.07) is 12.5. The van der Waals surface area contributed by atoms with Crippen molar-refractivity contribution >= 4 is 17.3 Å². The van der Waals surface area contributed by atoms with E-state index in [1.165, 1.54) is 12.1 Å². The summed E-state index contributed by atoms with van der Waals surface area (Å²) in [7, 11) is 1.58. The van der Waals surface area contributed by atoms with Crippen LogP contribution in [-0.2, 0) is 14.3 Å². The van der Waals surface area contributed by atoms with Crippen LogP contribution in [0.4, 0.5) is 15.8 Å². The molecule has 31 heavy (non-hydrogen) atoms. The Morgan fingerprint density at radius 3 is 2.55 bits per heavy atom. The Labute approximate surface area is 183 Å². The molecule has 1 aliphatic rings. The number of anilines is 2. The Kier molecular flexibility index (Phi) is 8.40. The summed E-state index contributed by atoms with van der Waals surface area (Å²) in [6.45, 7) is 5.63. The van der Waals surface area contributed by atoms with Crippen molar-refractivity contribution in [3.63, 3.8) is 0 Å². The van der Waals surface area contributed by atoms with E-state index in [9.17, 15) is 14.3 Å². The molecule has 0 radical (unpaired) electrons. The van der Waals surface area contributed by atoms with Crippen molar-refractivity contribution in [2.24, 2.45) is 0 Å². The minimum atomic E-state index is -0.862. The Morgan fingerprint density at radius 1 is 1.23 bits per heavy atom. The van der Waals surface area contributed by atoms with Gasteiger partial charge in [-0.3, -0.25) is 9.69 Å². The lowest BCUT2D eigenvalue weighted by Crippen LogP contribution is -2.39. The van der Waals surface area contributed by atoms with Crippen LogP contribution >= 0.6 is 0 Å². The number of ether oxygens (including phenoxy) is 2. The minimum absolute atomic E-state index is 0.0101. The molecule has 0 aliphatic carbocycles. The first-order valence-corrected chi connectivity index (χ1v) is 10.7. The first-order valence-electron chi connectivity index (χ1n) is 10.7. The van der Waals surface area contributed by atoms with Crippen molar-refractivity contribution < 1.29 is 23.8 Å². The Bertz CT molecular complexity index is 853. The molecule has 168 valence electrons.